The molecule has 0 unspecified atom stereocenters. The largest absolute Gasteiger partial charge is 0.506 e. The van der Waals surface area contributed by atoms with Gasteiger partial charge in [-0.25, -0.2) is 0 Å². The summed E-state index contributed by atoms with van der Waals surface area (Å²) in [4.78, 5) is 25.8. The standard InChI is InChI=1S/C28H21BrN2O4/c29-22-10-4-7-13-26(22)35-21-16-14-19(15-17-21)18-24(31-27(33)20-8-2-1-3-9-20)28(34)30-23-11-5-6-12-25(23)32/h1-18,32H,(H,30,34)(H,31,33). The summed E-state index contributed by atoms with van der Waals surface area (Å²) in [7, 11) is 0. The number of phenols is 1. The average molecular weight is 529 g/mol. The van der Waals surface area contributed by atoms with Gasteiger partial charge < -0.3 is 20.5 Å². The van der Waals surface area contributed by atoms with E-state index in [2.05, 4.69) is 26.6 Å². The number of aromatic hydroxyl groups is 1. The highest BCUT2D eigenvalue weighted by Crippen LogP contribution is 2.29. The summed E-state index contributed by atoms with van der Waals surface area (Å²) < 4.78 is 6.72. The van der Waals surface area contributed by atoms with Gasteiger partial charge in [0.15, 0.2) is 0 Å². The van der Waals surface area contributed by atoms with Gasteiger partial charge >= 0.3 is 0 Å². The molecular formula is C28H21BrN2O4. The van der Waals surface area contributed by atoms with Gasteiger partial charge in [0.1, 0.15) is 22.9 Å². The summed E-state index contributed by atoms with van der Waals surface area (Å²) in [5, 5.41) is 15.3. The van der Waals surface area contributed by atoms with Crippen LogP contribution in [0.5, 0.6) is 17.2 Å². The molecule has 7 heteroatoms. The van der Waals surface area contributed by atoms with Crippen LogP contribution in [0.15, 0.2) is 113 Å². The molecule has 0 heterocycles. The third-order valence-corrected chi connectivity index (χ3v) is 5.59. The van der Waals surface area contributed by atoms with Crippen molar-refractivity contribution in [3.05, 3.63) is 124 Å². The minimum absolute atomic E-state index is 0.0154. The van der Waals surface area contributed by atoms with Gasteiger partial charge in [-0.1, -0.05) is 54.6 Å². The van der Waals surface area contributed by atoms with Gasteiger partial charge in [0, 0.05) is 5.56 Å². The highest BCUT2D eigenvalue weighted by molar-refractivity contribution is 9.10. The van der Waals surface area contributed by atoms with Crippen LogP contribution in [0.3, 0.4) is 0 Å². The monoisotopic (exact) mass is 528 g/mol. The Labute approximate surface area is 211 Å². The number of ether oxygens (including phenoxy) is 1. The maximum atomic E-state index is 13.0. The van der Waals surface area contributed by atoms with Crippen molar-refractivity contribution in [2.75, 3.05) is 5.32 Å². The quantitative estimate of drug-likeness (QED) is 0.192. The Kier molecular flexibility index (Phi) is 7.60. The molecule has 0 fully saturated rings. The Morgan fingerprint density at radius 1 is 0.800 bits per heavy atom. The lowest BCUT2D eigenvalue weighted by Gasteiger charge is -2.12. The van der Waals surface area contributed by atoms with E-state index in [1.807, 2.05) is 24.3 Å². The number of halogens is 1. The van der Waals surface area contributed by atoms with E-state index in [4.69, 9.17) is 4.74 Å². The average Bonchev–Trinajstić information content (AvgIpc) is 2.88. The molecule has 4 aromatic carbocycles. The molecule has 0 aromatic heterocycles. The van der Waals surface area contributed by atoms with Gasteiger partial charge in [-0.05, 0) is 76.1 Å². The van der Waals surface area contributed by atoms with Crippen LogP contribution >= 0.6 is 15.9 Å². The van der Waals surface area contributed by atoms with Crippen molar-refractivity contribution in [1.82, 2.24) is 5.32 Å². The van der Waals surface area contributed by atoms with Gasteiger partial charge in [-0.15, -0.1) is 0 Å². The van der Waals surface area contributed by atoms with Gasteiger partial charge in [0.05, 0.1) is 10.2 Å². The first-order valence-electron chi connectivity index (χ1n) is 10.7. The van der Waals surface area contributed by atoms with Crippen molar-refractivity contribution in [3.8, 4) is 17.2 Å². The van der Waals surface area contributed by atoms with Crippen LogP contribution in [0, 0.1) is 0 Å². The molecule has 174 valence electrons. The Hall–Kier alpha value is -4.36. The molecule has 4 rings (SSSR count). The number of hydrogen-bond donors (Lipinski definition) is 3. The molecule has 0 radical (unpaired) electrons. The summed E-state index contributed by atoms with van der Waals surface area (Å²) in [5.41, 5.74) is 1.32. The molecular weight excluding hydrogens is 508 g/mol. The number of phenolic OH excluding ortho intramolecular Hbond substituents is 1. The summed E-state index contributed by atoms with van der Waals surface area (Å²) in [5.74, 6) is 0.196. The van der Waals surface area contributed by atoms with E-state index in [-0.39, 0.29) is 17.1 Å². The summed E-state index contributed by atoms with van der Waals surface area (Å²) in [6.07, 6.45) is 1.55. The van der Waals surface area contributed by atoms with Crippen molar-refractivity contribution in [2.45, 2.75) is 0 Å². The van der Waals surface area contributed by atoms with Crippen LogP contribution in [0.4, 0.5) is 5.69 Å². The van der Waals surface area contributed by atoms with E-state index >= 15 is 0 Å². The van der Waals surface area contributed by atoms with Crippen molar-refractivity contribution in [2.24, 2.45) is 0 Å². The van der Waals surface area contributed by atoms with Crippen LogP contribution < -0.4 is 15.4 Å². The number of carbonyl (C=O) groups excluding carboxylic acids is 2. The maximum absolute atomic E-state index is 13.0. The summed E-state index contributed by atoms with van der Waals surface area (Å²) in [6.45, 7) is 0. The third-order valence-electron chi connectivity index (χ3n) is 4.94. The van der Waals surface area contributed by atoms with Crippen LogP contribution in [0.1, 0.15) is 15.9 Å². The zero-order chi connectivity index (χ0) is 24.6. The van der Waals surface area contributed by atoms with E-state index in [1.165, 1.54) is 6.07 Å². The number of rotatable bonds is 7. The molecule has 0 aliphatic carbocycles. The van der Waals surface area contributed by atoms with E-state index in [0.29, 0.717) is 22.6 Å². The fourth-order valence-corrected chi connectivity index (χ4v) is 3.53. The van der Waals surface area contributed by atoms with Crippen LogP contribution in [0.2, 0.25) is 0 Å². The topological polar surface area (TPSA) is 87.7 Å². The molecule has 6 nitrogen and oxygen atoms in total. The number of amides is 2. The molecule has 2 amide bonds. The fourth-order valence-electron chi connectivity index (χ4n) is 3.16. The van der Waals surface area contributed by atoms with Gasteiger partial charge in [0.2, 0.25) is 0 Å². The van der Waals surface area contributed by atoms with E-state index in [0.717, 1.165) is 4.47 Å². The predicted molar refractivity (Wildman–Crippen MR) is 139 cm³/mol. The second-order valence-corrected chi connectivity index (χ2v) is 8.31. The zero-order valence-electron chi connectivity index (χ0n) is 18.4. The highest BCUT2D eigenvalue weighted by atomic mass is 79.9. The van der Waals surface area contributed by atoms with E-state index in [9.17, 15) is 14.7 Å². The molecule has 0 spiro atoms. The maximum Gasteiger partial charge on any atom is 0.272 e. The van der Waals surface area contributed by atoms with Crippen LogP contribution in [-0.4, -0.2) is 16.9 Å². The van der Waals surface area contributed by atoms with Gasteiger partial charge in [-0.3, -0.25) is 9.59 Å². The SMILES string of the molecule is O=C(Nc1ccccc1O)C(=Cc1ccc(Oc2ccccc2Br)cc1)NC(=O)c1ccccc1. The number of anilines is 1. The number of nitrogens with one attached hydrogen (secondary N) is 2. The molecule has 3 N–H and O–H groups in total. The minimum atomic E-state index is -0.579. The zero-order valence-corrected chi connectivity index (χ0v) is 20.0. The first-order valence-corrected chi connectivity index (χ1v) is 11.5. The number of carbonyl (C=O) groups is 2. The van der Waals surface area contributed by atoms with Gasteiger partial charge in [0.25, 0.3) is 11.8 Å². The van der Waals surface area contributed by atoms with Crippen LogP contribution in [0.25, 0.3) is 6.08 Å². The Morgan fingerprint density at radius 2 is 1.46 bits per heavy atom. The summed E-state index contributed by atoms with van der Waals surface area (Å²) in [6, 6.07) is 29.5. The van der Waals surface area contributed by atoms with Crippen molar-refractivity contribution >= 4 is 39.5 Å². The normalized spacial score (nSPS) is 10.9. The lowest BCUT2D eigenvalue weighted by molar-refractivity contribution is -0.113. The highest BCUT2D eigenvalue weighted by Gasteiger charge is 2.16. The number of hydrogen-bond acceptors (Lipinski definition) is 4. The van der Waals surface area contributed by atoms with Crippen LogP contribution in [-0.2, 0) is 4.79 Å². The number of benzene rings is 4. The van der Waals surface area contributed by atoms with Crippen molar-refractivity contribution in [1.29, 1.82) is 0 Å². The molecule has 35 heavy (non-hydrogen) atoms. The van der Waals surface area contributed by atoms with E-state index in [1.54, 1.807) is 78.9 Å². The van der Waals surface area contributed by atoms with Crippen molar-refractivity contribution < 1.29 is 19.4 Å². The molecule has 0 saturated carbocycles. The fraction of sp³-hybridized carbons (Fsp3) is 0. The second kappa shape index (κ2) is 11.2. The second-order valence-electron chi connectivity index (χ2n) is 7.45. The lowest BCUT2D eigenvalue weighted by atomic mass is 10.1. The molecule has 0 aliphatic heterocycles. The first kappa shape index (κ1) is 23.8. The number of para-hydroxylation sites is 3. The Balaban J connectivity index is 1.58. The smallest absolute Gasteiger partial charge is 0.272 e. The third kappa shape index (κ3) is 6.37. The Bertz CT molecular complexity index is 1370. The minimum Gasteiger partial charge on any atom is -0.506 e. The molecule has 0 bridgehead atoms. The Morgan fingerprint density at radius 3 is 2.17 bits per heavy atom. The first-order chi connectivity index (χ1) is 17.0. The summed E-state index contributed by atoms with van der Waals surface area (Å²) >= 11 is 3.45. The molecule has 0 saturated heterocycles. The van der Waals surface area contributed by atoms with E-state index < -0.39 is 11.8 Å². The van der Waals surface area contributed by atoms with Crippen molar-refractivity contribution in [3.63, 3.8) is 0 Å². The van der Waals surface area contributed by atoms with Gasteiger partial charge in [-0.2, -0.15) is 0 Å². The molecule has 0 aliphatic rings. The lowest BCUT2D eigenvalue weighted by Crippen LogP contribution is -2.30. The predicted octanol–water partition coefficient (Wildman–Crippen LogP) is 6.36. The molecule has 4 aromatic rings. The molecule has 0 atom stereocenters.